The Kier molecular flexibility index (Phi) is 3.74. The average molecular weight is 202 g/mol. The van der Waals surface area contributed by atoms with Crippen LogP contribution in [0.3, 0.4) is 0 Å². The molecule has 2 atom stereocenters. The number of rotatable bonds is 3. The van der Waals surface area contributed by atoms with Crippen molar-refractivity contribution in [1.29, 1.82) is 0 Å². The van der Waals surface area contributed by atoms with E-state index >= 15 is 0 Å². The summed E-state index contributed by atoms with van der Waals surface area (Å²) in [5, 5.41) is 0.845. The molecule has 0 saturated carbocycles. The largest absolute Gasteiger partial charge is 0.464 e. The first-order valence-corrected chi connectivity index (χ1v) is 5.26. The summed E-state index contributed by atoms with van der Waals surface area (Å²) in [4.78, 5) is 15.4. The number of carbonyl (C=O) groups excluding carboxylic acids is 1. The predicted molar refractivity (Wildman–Crippen MR) is 54.0 cm³/mol. The maximum atomic E-state index is 11.2. The Bertz CT molecular complexity index is 228. The van der Waals surface area contributed by atoms with Crippen LogP contribution in [0.2, 0.25) is 0 Å². The zero-order chi connectivity index (χ0) is 9.84. The number of esters is 1. The summed E-state index contributed by atoms with van der Waals surface area (Å²) in [6.45, 7) is 4.05. The van der Waals surface area contributed by atoms with Crippen LogP contribution in [0, 0.1) is 0 Å². The zero-order valence-electron chi connectivity index (χ0n) is 7.82. The van der Waals surface area contributed by atoms with E-state index in [0.29, 0.717) is 12.4 Å². The lowest BCUT2D eigenvalue weighted by Gasteiger charge is -2.04. The van der Waals surface area contributed by atoms with E-state index in [-0.39, 0.29) is 18.1 Å². The fraction of sp³-hybridized carbons (Fsp3) is 0.750. The van der Waals surface area contributed by atoms with Crippen LogP contribution in [0.25, 0.3) is 0 Å². The minimum Gasteiger partial charge on any atom is -0.464 e. The number of carbonyl (C=O) groups is 1. The Morgan fingerprint density at radius 1 is 1.92 bits per heavy atom. The fourth-order valence-corrected chi connectivity index (χ4v) is 2.00. The van der Waals surface area contributed by atoms with Crippen molar-refractivity contribution in [2.45, 2.75) is 25.9 Å². The molecule has 1 aliphatic rings. The van der Waals surface area contributed by atoms with Crippen LogP contribution in [-0.2, 0) is 9.53 Å². The quantitative estimate of drug-likeness (QED) is 0.673. The van der Waals surface area contributed by atoms with Crippen LogP contribution in [0.4, 0.5) is 0 Å². The topological polar surface area (TPSA) is 64.7 Å². The van der Waals surface area contributed by atoms with Gasteiger partial charge in [0, 0.05) is 11.8 Å². The molecule has 0 unspecified atom stereocenters. The van der Waals surface area contributed by atoms with Gasteiger partial charge in [0.2, 0.25) is 0 Å². The zero-order valence-corrected chi connectivity index (χ0v) is 8.63. The molecule has 1 heterocycles. The van der Waals surface area contributed by atoms with Crippen molar-refractivity contribution < 1.29 is 9.53 Å². The monoisotopic (exact) mass is 202 g/mol. The summed E-state index contributed by atoms with van der Waals surface area (Å²) >= 11 is 1.54. The molecule has 0 radical (unpaired) electrons. The van der Waals surface area contributed by atoms with Crippen molar-refractivity contribution in [2.75, 3.05) is 12.4 Å². The molecule has 4 nitrogen and oxygen atoms in total. The Morgan fingerprint density at radius 2 is 2.62 bits per heavy atom. The highest BCUT2D eigenvalue weighted by Crippen LogP contribution is 2.20. The van der Waals surface area contributed by atoms with E-state index in [9.17, 15) is 4.79 Å². The van der Waals surface area contributed by atoms with Crippen molar-refractivity contribution in [1.82, 2.24) is 0 Å². The average Bonchev–Trinajstić information content (AvgIpc) is 2.52. The standard InChI is InChI=1S/C8H14N2O2S/c1-3-12-8(11)6-4-13-7(10-6)5(2)9/h5-6H,3-4,9H2,1-2H3/t5-,6-/m0/s1. The summed E-state index contributed by atoms with van der Waals surface area (Å²) in [6.07, 6.45) is 0. The molecule has 0 aromatic rings. The first-order chi connectivity index (χ1) is 6.15. The Hall–Kier alpha value is -0.550. The molecule has 0 fully saturated rings. The summed E-state index contributed by atoms with van der Waals surface area (Å²) in [7, 11) is 0. The normalized spacial score (nSPS) is 23.9. The Labute approximate surface area is 81.9 Å². The molecular formula is C8H14N2O2S. The van der Waals surface area contributed by atoms with Gasteiger partial charge in [0.15, 0.2) is 6.04 Å². The van der Waals surface area contributed by atoms with Crippen molar-refractivity contribution in [3.8, 4) is 0 Å². The molecule has 1 aliphatic heterocycles. The van der Waals surface area contributed by atoms with Gasteiger partial charge in [0.05, 0.1) is 11.7 Å². The SMILES string of the molecule is CCOC(=O)[C@@H]1CSC([C@H](C)N)=N1. The summed E-state index contributed by atoms with van der Waals surface area (Å²) in [6, 6.07) is -0.421. The van der Waals surface area contributed by atoms with E-state index in [2.05, 4.69) is 4.99 Å². The van der Waals surface area contributed by atoms with Crippen LogP contribution in [-0.4, -0.2) is 35.5 Å². The third-order valence-electron chi connectivity index (χ3n) is 1.62. The highest BCUT2D eigenvalue weighted by molar-refractivity contribution is 8.14. The number of thioether (sulfide) groups is 1. The van der Waals surface area contributed by atoms with Gasteiger partial charge >= 0.3 is 5.97 Å². The lowest BCUT2D eigenvalue weighted by Crippen LogP contribution is -2.24. The number of ether oxygens (including phenoxy) is 1. The van der Waals surface area contributed by atoms with Crippen LogP contribution in [0.5, 0.6) is 0 Å². The van der Waals surface area contributed by atoms with E-state index in [1.807, 2.05) is 6.92 Å². The Morgan fingerprint density at radius 3 is 3.08 bits per heavy atom. The third-order valence-corrected chi connectivity index (χ3v) is 2.88. The molecule has 0 bridgehead atoms. The van der Waals surface area contributed by atoms with Crippen LogP contribution in [0.1, 0.15) is 13.8 Å². The molecule has 0 spiro atoms. The summed E-state index contributed by atoms with van der Waals surface area (Å²) in [5.41, 5.74) is 5.63. The second-order valence-electron chi connectivity index (χ2n) is 2.83. The van der Waals surface area contributed by atoms with E-state index in [0.717, 1.165) is 5.04 Å². The molecule has 13 heavy (non-hydrogen) atoms. The van der Waals surface area contributed by atoms with E-state index < -0.39 is 0 Å². The van der Waals surface area contributed by atoms with Crippen LogP contribution < -0.4 is 5.73 Å². The molecule has 0 aromatic heterocycles. The van der Waals surface area contributed by atoms with E-state index in [1.54, 1.807) is 6.92 Å². The minimum atomic E-state index is -0.342. The highest BCUT2D eigenvalue weighted by atomic mass is 32.2. The molecule has 5 heteroatoms. The summed E-state index contributed by atoms with van der Waals surface area (Å²) in [5.74, 6) is 0.418. The first-order valence-electron chi connectivity index (χ1n) is 4.27. The number of nitrogens with zero attached hydrogens (tertiary/aromatic N) is 1. The molecule has 2 N–H and O–H groups in total. The van der Waals surface area contributed by atoms with E-state index in [1.165, 1.54) is 11.8 Å². The van der Waals surface area contributed by atoms with Gasteiger partial charge in [-0.25, -0.2) is 4.79 Å². The van der Waals surface area contributed by atoms with Crippen LogP contribution >= 0.6 is 11.8 Å². The maximum absolute atomic E-state index is 11.2. The number of hydrogen-bond acceptors (Lipinski definition) is 5. The summed E-state index contributed by atoms with van der Waals surface area (Å²) < 4.78 is 4.85. The molecule has 0 amide bonds. The number of nitrogens with two attached hydrogens (primary N) is 1. The van der Waals surface area contributed by atoms with Crippen molar-refractivity contribution in [3.63, 3.8) is 0 Å². The molecule has 0 aromatic carbocycles. The van der Waals surface area contributed by atoms with Crippen molar-refractivity contribution in [2.24, 2.45) is 10.7 Å². The number of hydrogen-bond donors (Lipinski definition) is 1. The molecule has 0 saturated heterocycles. The van der Waals surface area contributed by atoms with Gasteiger partial charge in [-0.15, -0.1) is 11.8 Å². The smallest absolute Gasteiger partial charge is 0.331 e. The van der Waals surface area contributed by atoms with Gasteiger partial charge < -0.3 is 10.5 Å². The third kappa shape index (κ3) is 2.70. The van der Waals surface area contributed by atoms with Crippen LogP contribution in [0.15, 0.2) is 4.99 Å². The molecule has 1 rings (SSSR count). The van der Waals surface area contributed by atoms with Gasteiger partial charge in [0.25, 0.3) is 0 Å². The second kappa shape index (κ2) is 4.62. The Balaban J connectivity index is 2.52. The van der Waals surface area contributed by atoms with Gasteiger partial charge in [0.1, 0.15) is 0 Å². The molecular weight excluding hydrogens is 188 g/mol. The maximum Gasteiger partial charge on any atom is 0.331 e. The lowest BCUT2D eigenvalue weighted by molar-refractivity contribution is -0.143. The van der Waals surface area contributed by atoms with Gasteiger partial charge in [-0.2, -0.15) is 0 Å². The van der Waals surface area contributed by atoms with E-state index in [4.69, 9.17) is 10.5 Å². The molecule has 74 valence electrons. The first kappa shape index (κ1) is 10.5. The van der Waals surface area contributed by atoms with Gasteiger partial charge in [-0.05, 0) is 13.8 Å². The lowest BCUT2D eigenvalue weighted by atomic mass is 10.3. The fourth-order valence-electron chi connectivity index (χ4n) is 1.00. The molecule has 0 aliphatic carbocycles. The van der Waals surface area contributed by atoms with Crippen molar-refractivity contribution >= 4 is 22.8 Å². The predicted octanol–water partition coefficient (Wildman–Crippen LogP) is 0.411. The highest BCUT2D eigenvalue weighted by Gasteiger charge is 2.27. The second-order valence-corrected chi connectivity index (χ2v) is 3.88. The minimum absolute atomic E-state index is 0.0792. The van der Waals surface area contributed by atoms with Crippen molar-refractivity contribution in [3.05, 3.63) is 0 Å². The van der Waals surface area contributed by atoms with Gasteiger partial charge in [-0.3, -0.25) is 4.99 Å². The number of aliphatic imine (C=N–C) groups is 1. The van der Waals surface area contributed by atoms with Gasteiger partial charge in [-0.1, -0.05) is 0 Å².